The van der Waals surface area contributed by atoms with Gasteiger partial charge in [0.25, 0.3) is 0 Å². The fourth-order valence-corrected chi connectivity index (χ4v) is 4.30. The summed E-state index contributed by atoms with van der Waals surface area (Å²) in [4.78, 5) is 8.74. The zero-order chi connectivity index (χ0) is 22.1. The van der Waals surface area contributed by atoms with Crippen molar-refractivity contribution < 1.29 is 4.74 Å². The molecular weight excluding hydrogens is 404 g/mol. The second kappa shape index (κ2) is 8.30. The maximum atomic E-state index is 8.92. The van der Waals surface area contributed by atoms with Gasteiger partial charge in [0.05, 0.1) is 23.3 Å². The number of ether oxygens (including phenoxy) is 1. The topological polar surface area (TPSA) is 106 Å². The number of hydrogen-bond donors (Lipinski definition) is 1. The van der Waals surface area contributed by atoms with Crippen molar-refractivity contribution in [3.8, 4) is 23.2 Å². The Morgan fingerprint density at radius 1 is 1.12 bits per heavy atom. The zero-order valence-electron chi connectivity index (χ0n) is 18.1. The number of nitrogens with one attached hydrogen (secondary N) is 1. The normalized spacial score (nSPS) is 18.4. The van der Waals surface area contributed by atoms with Crippen molar-refractivity contribution in [3.05, 3.63) is 48.5 Å². The Bertz CT molecular complexity index is 1280. The molecule has 0 radical (unpaired) electrons. The van der Waals surface area contributed by atoms with Crippen molar-refractivity contribution in [2.75, 3.05) is 12.4 Å². The van der Waals surface area contributed by atoms with Crippen molar-refractivity contribution >= 4 is 16.7 Å². The highest BCUT2D eigenvalue weighted by Gasteiger charge is 2.27. The monoisotopic (exact) mass is 428 g/mol. The molecule has 32 heavy (non-hydrogen) atoms. The summed E-state index contributed by atoms with van der Waals surface area (Å²) in [6.45, 7) is 0. The molecule has 1 saturated carbocycles. The molecule has 1 fully saturated rings. The van der Waals surface area contributed by atoms with Gasteiger partial charge in [0, 0.05) is 55.8 Å². The molecule has 1 aliphatic carbocycles. The minimum atomic E-state index is 0.112. The van der Waals surface area contributed by atoms with Crippen molar-refractivity contribution in [3.63, 3.8) is 0 Å². The van der Waals surface area contributed by atoms with Crippen LogP contribution in [0, 0.1) is 11.3 Å². The van der Waals surface area contributed by atoms with Gasteiger partial charge in [-0.05, 0) is 31.7 Å². The number of aryl methyl sites for hydroxylation is 1. The standard InChI is InChI=1S/C23H24N8O/c1-25-21-9-20-19(13-26-21)23(16-12-28-30(2)14-16)29-31(20)17-4-6-18(7-5-17)32-22-8-3-15(10-24)11-27-22/h3,8-9,11-14,17-18H,4-7H2,1-2H3,(H,25,26). The summed E-state index contributed by atoms with van der Waals surface area (Å²) in [5.74, 6) is 1.39. The predicted molar refractivity (Wildman–Crippen MR) is 120 cm³/mol. The van der Waals surface area contributed by atoms with E-state index >= 15 is 0 Å². The van der Waals surface area contributed by atoms with Gasteiger partial charge in [0.1, 0.15) is 23.7 Å². The Labute approximate surface area is 185 Å². The second-order valence-corrected chi connectivity index (χ2v) is 8.08. The van der Waals surface area contributed by atoms with E-state index in [4.69, 9.17) is 15.1 Å². The first-order chi connectivity index (χ1) is 15.6. The van der Waals surface area contributed by atoms with Gasteiger partial charge in [-0.3, -0.25) is 9.36 Å². The lowest BCUT2D eigenvalue weighted by Crippen LogP contribution is -2.26. The highest BCUT2D eigenvalue weighted by Crippen LogP contribution is 2.36. The molecule has 4 aromatic heterocycles. The second-order valence-electron chi connectivity index (χ2n) is 8.08. The smallest absolute Gasteiger partial charge is 0.213 e. The van der Waals surface area contributed by atoms with Crippen LogP contribution in [-0.4, -0.2) is 42.7 Å². The highest BCUT2D eigenvalue weighted by atomic mass is 16.5. The Balaban J connectivity index is 1.38. The van der Waals surface area contributed by atoms with Crippen LogP contribution in [0.15, 0.2) is 43.0 Å². The first-order valence-electron chi connectivity index (χ1n) is 10.7. The molecule has 0 saturated heterocycles. The lowest BCUT2D eigenvalue weighted by atomic mass is 9.93. The molecule has 0 aromatic carbocycles. The van der Waals surface area contributed by atoms with Crippen LogP contribution in [-0.2, 0) is 7.05 Å². The van der Waals surface area contributed by atoms with E-state index in [1.165, 1.54) is 0 Å². The molecule has 9 heteroatoms. The molecule has 1 N–H and O–H groups in total. The summed E-state index contributed by atoms with van der Waals surface area (Å²) in [6, 6.07) is 7.92. The maximum absolute atomic E-state index is 8.92. The predicted octanol–water partition coefficient (Wildman–Crippen LogP) is 3.70. The van der Waals surface area contributed by atoms with Crippen LogP contribution in [0.1, 0.15) is 37.3 Å². The van der Waals surface area contributed by atoms with Crippen LogP contribution in [0.3, 0.4) is 0 Å². The molecule has 0 spiro atoms. The Morgan fingerprint density at radius 2 is 1.97 bits per heavy atom. The van der Waals surface area contributed by atoms with Gasteiger partial charge >= 0.3 is 0 Å². The molecule has 4 aromatic rings. The van der Waals surface area contributed by atoms with Crippen LogP contribution in [0.25, 0.3) is 22.2 Å². The quantitative estimate of drug-likeness (QED) is 0.516. The molecule has 5 rings (SSSR count). The molecule has 0 amide bonds. The number of anilines is 1. The summed E-state index contributed by atoms with van der Waals surface area (Å²) < 4.78 is 10.00. The number of pyridine rings is 2. The van der Waals surface area contributed by atoms with Crippen LogP contribution < -0.4 is 10.1 Å². The minimum absolute atomic E-state index is 0.112. The van der Waals surface area contributed by atoms with Crippen molar-refractivity contribution in [2.45, 2.75) is 37.8 Å². The van der Waals surface area contributed by atoms with Crippen molar-refractivity contribution in [2.24, 2.45) is 7.05 Å². The third-order valence-electron chi connectivity index (χ3n) is 5.97. The SMILES string of the molecule is CNc1cc2c(cn1)c(-c1cnn(C)c1)nn2C1CCC(Oc2ccc(C#N)cn2)CC1. The summed E-state index contributed by atoms with van der Waals surface area (Å²) in [5.41, 5.74) is 3.50. The number of nitriles is 1. The Morgan fingerprint density at radius 3 is 2.62 bits per heavy atom. The van der Waals surface area contributed by atoms with Gasteiger partial charge in [-0.2, -0.15) is 15.5 Å². The number of rotatable bonds is 5. The molecule has 0 aliphatic heterocycles. The van der Waals surface area contributed by atoms with Gasteiger partial charge < -0.3 is 10.1 Å². The summed E-state index contributed by atoms with van der Waals surface area (Å²) in [6.07, 6.45) is 11.1. The minimum Gasteiger partial charge on any atom is -0.474 e. The average Bonchev–Trinajstić information content (AvgIpc) is 3.43. The van der Waals surface area contributed by atoms with Crippen molar-refractivity contribution in [1.29, 1.82) is 5.26 Å². The first-order valence-corrected chi connectivity index (χ1v) is 10.7. The number of fused-ring (bicyclic) bond motifs is 1. The number of nitrogens with zero attached hydrogens (tertiary/aromatic N) is 7. The van der Waals surface area contributed by atoms with E-state index in [0.29, 0.717) is 11.4 Å². The van der Waals surface area contributed by atoms with E-state index in [1.54, 1.807) is 23.0 Å². The van der Waals surface area contributed by atoms with Crippen LogP contribution in [0.5, 0.6) is 5.88 Å². The Hall–Kier alpha value is -3.93. The lowest BCUT2D eigenvalue weighted by molar-refractivity contribution is 0.126. The fourth-order valence-electron chi connectivity index (χ4n) is 4.30. The van der Waals surface area contributed by atoms with Crippen LogP contribution >= 0.6 is 0 Å². The zero-order valence-corrected chi connectivity index (χ0v) is 18.1. The molecule has 0 unspecified atom stereocenters. The van der Waals surface area contributed by atoms with Gasteiger partial charge in [-0.1, -0.05) is 0 Å². The van der Waals surface area contributed by atoms with E-state index < -0.39 is 0 Å². The van der Waals surface area contributed by atoms with Gasteiger partial charge in [-0.15, -0.1) is 0 Å². The maximum Gasteiger partial charge on any atom is 0.213 e. The van der Waals surface area contributed by atoms with E-state index in [9.17, 15) is 0 Å². The first kappa shape index (κ1) is 20.0. The highest BCUT2D eigenvalue weighted by molar-refractivity contribution is 5.93. The molecular formula is C23H24N8O. The summed E-state index contributed by atoms with van der Waals surface area (Å²) in [5, 5.41) is 22.4. The van der Waals surface area contributed by atoms with Gasteiger partial charge in [0.2, 0.25) is 5.88 Å². The average molecular weight is 429 g/mol. The van der Waals surface area contributed by atoms with Gasteiger partial charge in [0.15, 0.2) is 0 Å². The molecule has 9 nitrogen and oxygen atoms in total. The van der Waals surface area contributed by atoms with E-state index in [0.717, 1.165) is 53.7 Å². The van der Waals surface area contributed by atoms with Crippen LogP contribution in [0.4, 0.5) is 5.82 Å². The van der Waals surface area contributed by atoms with Gasteiger partial charge in [-0.25, -0.2) is 9.97 Å². The summed E-state index contributed by atoms with van der Waals surface area (Å²) in [7, 11) is 3.78. The molecule has 4 heterocycles. The summed E-state index contributed by atoms with van der Waals surface area (Å²) >= 11 is 0. The van der Waals surface area contributed by atoms with Crippen molar-refractivity contribution in [1.82, 2.24) is 29.5 Å². The third kappa shape index (κ3) is 3.75. The van der Waals surface area contributed by atoms with E-state index in [1.807, 2.05) is 32.7 Å². The van der Waals surface area contributed by atoms with Crippen LogP contribution in [0.2, 0.25) is 0 Å². The third-order valence-corrected chi connectivity index (χ3v) is 5.97. The molecule has 1 aliphatic rings. The van der Waals surface area contributed by atoms with E-state index in [-0.39, 0.29) is 12.1 Å². The largest absolute Gasteiger partial charge is 0.474 e. The number of hydrogen-bond acceptors (Lipinski definition) is 7. The molecule has 162 valence electrons. The van der Waals surface area contributed by atoms with E-state index in [2.05, 4.69) is 37.2 Å². The molecule has 0 bridgehead atoms. The Kier molecular flexibility index (Phi) is 5.19. The number of aromatic nitrogens is 6. The molecule has 0 atom stereocenters. The fraction of sp³-hybridized carbons (Fsp3) is 0.348. The lowest BCUT2D eigenvalue weighted by Gasteiger charge is -2.29.